The molecule has 1 aliphatic heterocycles. The zero-order valence-electron chi connectivity index (χ0n) is 11.2. The molecule has 0 aliphatic carbocycles. The lowest BCUT2D eigenvalue weighted by molar-refractivity contribution is -0.384. The SMILES string of the molecule is CNc1cccc(C(=O)N2CCC(O)CC2)c1[N+](=O)[O-]. The number of carbonyl (C=O) groups is 1. The highest BCUT2D eigenvalue weighted by atomic mass is 16.6. The highest BCUT2D eigenvalue weighted by molar-refractivity contribution is 6.00. The Morgan fingerprint density at radius 1 is 1.45 bits per heavy atom. The van der Waals surface area contributed by atoms with Gasteiger partial charge < -0.3 is 15.3 Å². The van der Waals surface area contributed by atoms with Crippen LogP contribution in [-0.4, -0.2) is 47.1 Å². The number of carbonyl (C=O) groups excluding carboxylic acids is 1. The van der Waals surface area contributed by atoms with Crippen LogP contribution in [0.4, 0.5) is 11.4 Å². The Labute approximate surface area is 116 Å². The van der Waals surface area contributed by atoms with Gasteiger partial charge in [-0.25, -0.2) is 0 Å². The van der Waals surface area contributed by atoms with Crippen molar-refractivity contribution in [3.05, 3.63) is 33.9 Å². The summed E-state index contributed by atoms with van der Waals surface area (Å²) >= 11 is 0. The van der Waals surface area contributed by atoms with Crippen molar-refractivity contribution in [2.75, 3.05) is 25.5 Å². The van der Waals surface area contributed by atoms with E-state index >= 15 is 0 Å². The maximum atomic E-state index is 12.4. The lowest BCUT2D eigenvalue weighted by Crippen LogP contribution is -2.40. The molecule has 2 N–H and O–H groups in total. The van der Waals surface area contributed by atoms with Crippen molar-refractivity contribution < 1.29 is 14.8 Å². The zero-order valence-corrected chi connectivity index (χ0v) is 11.2. The van der Waals surface area contributed by atoms with E-state index in [9.17, 15) is 20.0 Å². The summed E-state index contributed by atoms with van der Waals surface area (Å²) in [6.45, 7) is 0.835. The average Bonchev–Trinajstić information content (AvgIpc) is 2.46. The van der Waals surface area contributed by atoms with E-state index in [0.29, 0.717) is 31.6 Å². The maximum absolute atomic E-state index is 12.4. The van der Waals surface area contributed by atoms with Gasteiger partial charge in [-0.1, -0.05) is 6.07 Å². The zero-order chi connectivity index (χ0) is 14.7. The molecular formula is C13H17N3O4. The normalized spacial score (nSPS) is 16.0. The second kappa shape index (κ2) is 5.87. The number of nitrogens with one attached hydrogen (secondary N) is 1. The largest absolute Gasteiger partial charge is 0.393 e. The van der Waals surface area contributed by atoms with E-state index in [2.05, 4.69) is 5.32 Å². The molecule has 108 valence electrons. The number of aliphatic hydroxyl groups excluding tert-OH is 1. The van der Waals surface area contributed by atoms with E-state index < -0.39 is 11.0 Å². The van der Waals surface area contributed by atoms with Crippen LogP contribution >= 0.6 is 0 Å². The molecular weight excluding hydrogens is 262 g/mol. The van der Waals surface area contributed by atoms with E-state index in [1.165, 1.54) is 6.07 Å². The summed E-state index contributed by atoms with van der Waals surface area (Å²) in [5.41, 5.74) is 0.197. The maximum Gasteiger partial charge on any atom is 0.305 e. The summed E-state index contributed by atoms with van der Waals surface area (Å²) in [4.78, 5) is 24.6. The molecule has 0 radical (unpaired) electrons. The molecule has 1 aliphatic rings. The van der Waals surface area contributed by atoms with E-state index in [1.54, 1.807) is 24.1 Å². The van der Waals surface area contributed by atoms with E-state index in [4.69, 9.17) is 0 Å². The van der Waals surface area contributed by atoms with E-state index in [0.717, 1.165) is 0 Å². The van der Waals surface area contributed by atoms with Crippen molar-refractivity contribution in [2.45, 2.75) is 18.9 Å². The fraction of sp³-hybridized carbons (Fsp3) is 0.462. The second-order valence-corrected chi connectivity index (χ2v) is 4.73. The van der Waals surface area contributed by atoms with Gasteiger partial charge in [-0.2, -0.15) is 0 Å². The van der Waals surface area contributed by atoms with E-state index in [-0.39, 0.29) is 17.2 Å². The smallest absolute Gasteiger partial charge is 0.305 e. The van der Waals surface area contributed by atoms with Crippen molar-refractivity contribution in [3.63, 3.8) is 0 Å². The van der Waals surface area contributed by atoms with Gasteiger partial charge in [0.15, 0.2) is 0 Å². The van der Waals surface area contributed by atoms with E-state index in [1.807, 2.05) is 0 Å². The first-order chi connectivity index (χ1) is 9.54. The van der Waals surface area contributed by atoms with Gasteiger partial charge in [-0.15, -0.1) is 0 Å². The van der Waals surface area contributed by atoms with Crippen LogP contribution in [0, 0.1) is 10.1 Å². The lowest BCUT2D eigenvalue weighted by atomic mass is 10.1. The number of rotatable bonds is 3. The van der Waals surface area contributed by atoms with Crippen LogP contribution in [0.5, 0.6) is 0 Å². The Kier molecular flexibility index (Phi) is 4.19. The third-order valence-electron chi connectivity index (χ3n) is 3.47. The van der Waals surface area contributed by atoms with Crippen molar-refractivity contribution >= 4 is 17.3 Å². The Bertz CT molecular complexity index is 524. The van der Waals surface area contributed by atoms with Gasteiger partial charge >= 0.3 is 5.69 Å². The summed E-state index contributed by atoms with van der Waals surface area (Å²) in [6, 6.07) is 4.64. The standard InChI is InChI=1S/C13H17N3O4/c1-14-11-4-2-3-10(12(11)16(19)20)13(18)15-7-5-9(17)6-8-15/h2-4,9,14,17H,5-8H2,1H3. The molecule has 0 saturated carbocycles. The van der Waals surface area contributed by atoms with Gasteiger partial charge in [0, 0.05) is 20.1 Å². The molecule has 2 rings (SSSR count). The highest BCUT2D eigenvalue weighted by Crippen LogP contribution is 2.29. The number of amides is 1. The quantitative estimate of drug-likeness (QED) is 0.641. The molecule has 7 nitrogen and oxygen atoms in total. The average molecular weight is 279 g/mol. The summed E-state index contributed by atoms with van der Waals surface area (Å²) in [5, 5.41) is 23.4. The topological polar surface area (TPSA) is 95.7 Å². The summed E-state index contributed by atoms with van der Waals surface area (Å²) < 4.78 is 0. The molecule has 20 heavy (non-hydrogen) atoms. The summed E-state index contributed by atoms with van der Waals surface area (Å²) in [6.07, 6.45) is 0.619. The van der Waals surface area contributed by atoms with Gasteiger partial charge in [0.2, 0.25) is 0 Å². The van der Waals surface area contributed by atoms with Crippen LogP contribution in [0.15, 0.2) is 18.2 Å². The molecule has 0 spiro atoms. The molecule has 1 saturated heterocycles. The van der Waals surface area contributed by atoms with Crippen molar-refractivity contribution in [1.29, 1.82) is 0 Å². The molecule has 0 unspecified atom stereocenters. The van der Waals surface area contributed by atoms with Crippen LogP contribution in [0.1, 0.15) is 23.2 Å². The predicted octanol–water partition coefficient (Wildman–Crippen LogP) is 1.23. The Hall–Kier alpha value is -2.15. The summed E-state index contributed by atoms with van der Waals surface area (Å²) in [7, 11) is 1.58. The number of nitro benzene ring substituents is 1. The fourth-order valence-electron chi connectivity index (χ4n) is 2.35. The Morgan fingerprint density at radius 3 is 2.65 bits per heavy atom. The van der Waals surface area contributed by atoms with Crippen LogP contribution in [0.25, 0.3) is 0 Å². The van der Waals surface area contributed by atoms with Crippen LogP contribution in [0.2, 0.25) is 0 Å². The Morgan fingerprint density at radius 2 is 2.10 bits per heavy atom. The van der Waals surface area contributed by atoms with Crippen molar-refractivity contribution in [1.82, 2.24) is 4.90 Å². The van der Waals surface area contributed by atoms with Gasteiger partial charge in [-0.05, 0) is 25.0 Å². The number of benzene rings is 1. The van der Waals surface area contributed by atoms with Gasteiger partial charge in [0.25, 0.3) is 5.91 Å². The molecule has 1 fully saturated rings. The monoisotopic (exact) mass is 279 g/mol. The second-order valence-electron chi connectivity index (χ2n) is 4.73. The molecule has 1 amide bonds. The number of aliphatic hydroxyl groups is 1. The van der Waals surface area contributed by atoms with Gasteiger partial charge in [-0.3, -0.25) is 14.9 Å². The lowest BCUT2D eigenvalue weighted by Gasteiger charge is -2.29. The first kappa shape index (κ1) is 14.3. The molecule has 0 aromatic heterocycles. The third kappa shape index (κ3) is 2.72. The predicted molar refractivity (Wildman–Crippen MR) is 73.8 cm³/mol. The molecule has 0 bridgehead atoms. The molecule has 1 aromatic rings. The number of anilines is 1. The number of nitro groups is 1. The van der Waals surface area contributed by atoms with Crippen LogP contribution in [0.3, 0.4) is 0 Å². The molecule has 0 atom stereocenters. The number of hydrogen-bond donors (Lipinski definition) is 2. The first-order valence-corrected chi connectivity index (χ1v) is 6.47. The van der Waals surface area contributed by atoms with Crippen LogP contribution < -0.4 is 5.32 Å². The number of piperidine rings is 1. The van der Waals surface area contributed by atoms with Gasteiger partial charge in [0.1, 0.15) is 11.3 Å². The molecule has 1 heterocycles. The number of nitrogens with zero attached hydrogens (tertiary/aromatic N) is 2. The molecule has 7 heteroatoms. The number of hydrogen-bond acceptors (Lipinski definition) is 5. The summed E-state index contributed by atoms with van der Waals surface area (Å²) in [5.74, 6) is -0.360. The Balaban J connectivity index is 2.32. The third-order valence-corrected chi connectivity index (χ3v) is 3.47. The minimum atomic E-state index is -0.544. The van der Waals surface area contributed by atoms with Crippen molar-refractivity contribution in [2.24, 2.45) is 0 Å². The fourth-order valence-corrected chi connectivity index (χ4v) is 2.35. The van der Waals surface area contributed by atoms with Gasteiger partial charge in [0.05, 0.1) is 11.0 Å². The minimum absolute atomic E-state index is 0.0817. The van der Waals surface area contributed by atoms with Crippen molar-refractivity contribution in [3.8, 4) is 0 Å². The first-order valence-electron chi connectivity index (χ1n) is 6.47. The highest BCUT2D eigenvalue weighted by Gasteiger charge is 2.29. The minimum Gasteiger partial charge on any atom is -0.393 e. The number of likely N-dealkylation sites (tertiary alicyclic amines) is 1. The molecule has 1 aromatic carbocycles. The number of para-hydroxylation sites is 1. The van der Waals surface area contributed by atoms with Crippen LogP contribution in [-0.2, 0) is 0 Å².